The minimum atomic E-state index is 0.440. The first-order valence-corrected chi connectivity index (χ1v) is 4.71. The van der Waals surface area contributed by atoms with E-state index in [1.807, 2.05) is 37.1 Å². The maximum absolute atomic E-state index is 10.5. The molecular formula is C13H11NO. The van der Waals surface area contributed by atoms with Crippen LogP contribution in [0.1, 0.15) is 5.56 Å². The highest BCUT2D eigenvalue weighted by Gasteiger charge is 2.00. The van der Waals surface area contributed by atoms with Gasteiger partial charge in [-0.3, -0.25) is 0 Å². The average Bonchev–Trinajstić information content (AvgIpc) is 2.61. The molecule has 74 valence electrons. The standard InChI is InChI=1S/C13H11NO/c1-9-3-5-11(6-4-9)13-7-12(8-15)14-10(13)2/h3-7,14H,2H2,1H3. The van der Waals surface area contributed by atoms with Crippen molar-refractivity contribution in [3.05, 3.63) is 46.6 Å². The molecule has 0 amide bonds. The van der Waals surface area contributed by atoms with Gasteiger partial charge >= 0.3 is 0 Å². The van der Waals surface area contributed by atoms with E-state index in [9.17, 15) is 4.79 Å². The lowest BCUT2D eigenvalue weighted by Gasteiger charge is -1.97. The summed E-state index contributed by atoms with van der Waals surface area (Å²) < 4.78 is 0. The summed E-state index contributed by atoms with van der Waals surface area (Å²) in [6.45, 7) is 5.89. The highest BCUT2D eigenvalue weighted by Crippen LogP contribution is 2.13. The number of aromatic amines is 1. The van der Waals surface area contributed by atoms with Crippen LogP contribution in [0, 0.1) is 6.92 Å². The topological polar surface area (TPSA) is 32.9 Å². The van der Waals surface area contributed by atoms with E-state index in [1.54, 1.807) is 6.07 Å². The fraction of sp³-hybridized carbons (Fsp3) is 0.0769. The highest BCUT2D eigenvalue weighted by atomic mass is 16.1. The van der Waals surface area contributed by atoms with Crippen molar-refractivity contribution < 1.29 is 4.79 Å². The summed E-state index contributed by atoms with van der Waals surface area (Å²) in [6.07, 6.45) is 0. The Labute approximate surface area is 87.6 Å². The van der Waals surface area contributed by atoms with E-state index >= 15 is 0 Å². The van der Waals surface area contributed by atoms with Crippen LogP contribution < -0.4 is 10.7 Å². The van der Waals surface area contributed by atoms with Crippen LogP contribution in [0.5, 0.6) is 0 Å². The third kappa shape index (κ3) is 1.76. The van der Waals surface area contributed by atoms with E-state index in [0.717, 1.165) is 16.5 Å². The predicted octanol–water partition coefficient (Wildman–Crippen LogP) is 0.904. The molecule has 0 saturated heterocycles. The van der Waals surface area contributed by atoms with E-state index in [-0.39, 0.29) is 0 Å². The van der Waals surface area contributed by atoms with Crippen LogP contribution in [0.2, 0.25) is 0 Å². The number of aryl methyl sites for hydroxylation is 1. The van der Waals surface area contributed by atoms with Crippen molar-refractivity contribution in [2.75, 3.05) is 0 Å². The number of hydrogen-bond donors (Lipinski definition) is 1. The van der Waals surface area contributed by atoms with Gasteiger partial charge in [-0.2, -0.15) is 0 Å². The minimum absolute atomic E-state index is 0.440. The van der Waals surface area contributed by atoms with Crippen molar-refractivity contribution in [3.63, 3.8) is 0 Å². The van der Waals surface area contributed by atoms with Crippen LogP contribution in [0.3, 0.4) is 0 Å². The van der Waals surface area contributed by atoms with Crippen LogP contribution in [0.15, 0.2) is 30.3 Å². The molecule has 1 heterocycles. The van der Waals surface area contributed by atoms with Gasteiger partial charge < -0.3 is 4.98 Å². The molecule has 0 atom stereocenters. The van der Waals surface area contributed by atoms with Gasteiger partial charge in [-0.1, -0.05) is 36.4 Å². The Bertz CT molecular complexity index is 601. The number of hydrogen-bond acceptors (Lipinski definition) is 1. The fourth-order valence-electron chi connectivity index (χ4n) is 1.54. The number of carbonyl (C=O) groups excluding carboxylic acids is 1. The molecule has 0 aliphatic rings. The van der Waals surface area contributed by atoms with Gasteiger partial charge in [-0.15, -0.1) is 0 Å². The van der Waals surface area contributed by atoms with Gasteiger partial charge in [0.2, 0.25) is 0 Å². The number of H-pyrrole nitrogens is 1. The Morgan fingerprint density at radius 3 is 2.47 bits per heavy atom. The van der Waals surface area contributed by atoms with E-state index in [4.69, 9.17) is 0 Å². The third-order valence-corrected chi connectivity index (χ3v) is 2.37. The zero-order chi connectivity index (χ0) is 10.8. The molecule has 1 aromatic heterocycles. The molecular weight excluding hydrogens is 186 g/mol. The largest absolute Gasteiger partial charge is 0.346 e. The van der Waals surface area contributed by atoms with Crippen molar-refractivity contribution in [1.82, 2.24) is 4.98 Å². The van der Waals surface area contributed by atoms with Gasteiger partial charge in [-0.05, 0) is 18.6 Å². The molecule has 1 N–H and O–H groups in total. The average molecular weight is 197 g/mol. The Hall–Kier alpha value is -2.05. The van der Waals surface area contributed by atoms with Crippen LogP contribution in [0.25, 0.3) is 17.7 Å². The molecule has 0 aliphatic heterocycles. The van der Waals surface area contributed by atoms with E-state index in [1.165, 1.54) is 5.56 Å². The fourth-order valence-corrected chi connectivity index (χ4v) is 1.54. The van der Waals surface area contributed by atoms with Crippen LogP contribution >= 0.6 is 0 Å². The zero-order valence-electron chi connectivity index (χ0n) is 8.50. The Kier molecular flexibility index (Phi) is 2.28. The van der Waals surface area contributed by atoms with Gasteiger partial charge in [-0.25, -0.2) is 4.79 Å². The molecule has 1 aromatic carbocycles. The number of aromatic nitrogens is 1. The monoisotopic (exact) mass is 197 g/mol. The van der Waals surface area contributed by atoms with Gasteiger partial charge in [0.1, 0.15) is 5.35 Å². The first-order valence-electron chi connectivity index (χ1n) is 4.71. The molecule has 0 bridgehead atoms. The lowest BCUT2D eigenvalue weighted by Crippen LogP contribution is -2.08. The summed E-state index contributed by atoms with van der Waals surface area (Å²) in [5.41, 5.74) is 3.22. The highest BCUT2D eigenvalue weighted by molar-refractivity contribution is 5.65. The molecule has 2 nitrogen and oxygen atoms in total. The van der Waals surface area contributed by atoms with Gasteiger partial charge in [0.05, 0.1) is 0 Å². The first-order chi connectivity index (χ1) is 7.20. The molecule has 0 spiro atoms. The van der Waals surface area contributed by atoms with Gasteiger partial charge in [0.15, 0.2) is 5.94 Å². The molecule has 2 rings (SSSR count). The van der Waals surface area contributed by atoms with E-state index in [2.05, 4.69) is 11.6 Å². The van der Waals surface area contributed by atoms with Crippen LogP contribution in [-0.4, -0.2) is 10.9 Å². The lowest BCUT2D eigenvalue weighted by molar-refractivity contribution is 0.567. The molecule has 0 saturated carbocycles. The summed E-state index contributed by atoms with van der Waals surface area (Å²) >= 11 is 0. The van der Waals surface area contributed by atoms with Crippen molar-refractivity contribution in [2.24, 2.45) is 0 Å². The predicted molar refractivity (Wildman–Crippen MR) is 60.5 cm³/mol. The second-order valence-electron chi connectivity index (χ2n) is 3.54. The third-order valence-electron chi connectivity index (χ3n) is 2.37. The van der Waals surface area contributed by atoms with Gasteiger partial charge in [0.25, 0.3) is 0 Å². The maximum Gasteiger partial charge on any atom is 0.150 e. The number of benzene rings is 1. The second-order valence-corrected chi connectivity index (χ2v) is 3.54. The number of nitrogens with one attached hydrogen (secondary N) is 1. The van der Waals surface area contributed by atoms with Crippen molar-refractivity contribution >= 4 is 12.5 Å². The van der Waals surface area contributed by atoms with E-state index < -0.39 is 0 Å². The molecule has 0 fully saturated rings. The van der Waals surface area contributed by atoms with Crippen molar-refractivity contribution in [2.45, 2.75) is 6.92 Å². The second kappa shape index (κ2) is 3.60. The maximum atomic E-state index is 10.5. The minimum Gasteiger partial charge on any atom is -0.346 e. The molecule has 0 radical (unpaired) electrons. The van der Waals surface area contributed by atoms with Crippen LogP contribution in [0.4, 0.5) is 0 Å². The quantitative estimate of drug-likeness (QED) is 0.724. The smallest absolute Gasteiger partial charge is 0.150 e. The molecule has 15 heavy (non-hydrogen) atoms. The normalized spacial score (nSPS) is 9.93. The SMILES string of the molecule is C=c1[nH]c(=C=O)cc1-c1ccc(C)cc1. The summed E-state index contributed by atoms with van der Waals surface area (Å²) in [5, 5.41) is 1.19. The number of rotatable bonds is 1. The van der Waals surface area contributed by atoms with Gasteiger partial charge in [0, 0.05) is 10.9 Å². The summed E-state index contributed by atoms with van der Waals surface area (Å²) in [4.78, 5) is 13.3. The molecule has 0 aliphatic carbocycles. The van der Waals surface area contributed by atoms with Crippen LogP contribution in [-0.2, 0) is 4.79 Å². The lowest BCUT2D eigenvalue weighted by atomic mass is 10.1. The van der Waals surface area contributed by atoms with Crippen molar-refractivity contribution in [1.29, 1.82) is 0 Å². The molecule has 0 unspecified atom stereocenters. The van der Waals surface area contributed by atoms with E-state index in [0.29, 0.717) is 5.35 Å². The molecule has 2 heteroatoms. The first kappa shape index (κ1) is 9.50. The zero-order valence-corrected chi connectivity index (χ0v) is 8.50. The Morgan fingerprint density at radius 2 is 1.93 bits per heavy atom. The molecule has 2 aromatic rings. The Balaban J connectivity index is 2.64. The summed E-state index contributed by atoms with van der Waals surface area (Å²) in [6, 6.07) is 9.86. The summed E-state index contributed by atoms with van der Waals surface area (Å²) in [5.74, 6) is 1.82. The van der Waals surface area contributed by atoms with Crippen molar-refractivity contribution in [3.8, 4) is 11.1 Å². The summed E-state index contributed by atoms with van der Waals surface area (Å²) in [7, 11) is 0. The Morgan fingerprint density at radius 1 is 1.27 bits per heavy atom.